The van der Waals surface area contributed by atoms with E-state index in [0.29, 0.717) is 0 Å². The molecular weight excluding hydrogens is 553 g/mol. The van der Waals surface area contributed by atoms with Crippen LogP contribution in [0.2, 0.25) is 0 Å². The van der Waals surface area contributed by atoms with Gasteiger partial charge in [0.05, 0.1) is 0 Å². The molecule has 0 unspecified atom stereocenters. The first-order chi connectivity index (χ1) is 22.8. The lowest BCUT2D eigenvalue weighted by Crippen LogP contribution is -1.90. The van der Waals surface area contributed by atoms with Crippen LogP contribution in [0.15, 0.2) is 158 Å². The second kappa shape index (κ2) is 8.81. The summed E-state index contributed by atoms with van der Waals surface area (Å²) >= 11 is 0. The minimum Gasteiger partial charge on any atom is -0.0622 e. The zero-order valence-corrected chi connectivity index (χ0v) is 25.0. The van der Waals surface area contributed by atoms with Crippen LogP contribution in [-0.2, 0) is 0 Å². The maximum Gasteiger partial charge on any atom is -0.00134 e. The van der Waals surface area contributed by atoms with Crippen LogP contribution >= 0.6 is 0 Å². The first kappa shape index (κ1) is 24.4. The second-order valence-electron chi connectivity index (χ2n) is 12.7. The van der Waals surface area contributed by atoms with Crippen LogP contribution < -0.4 is 0 Å². The van der Waals surface area contributed by atoms with Crippen molar-refractivity contribution in [2.45, 2.75) is 0 Å². The average Bonchev–Trinajstić information content (AvgIpc) is 3.62. The molecule has 0 spiro atoms. The molecule has 0 saturated heterocycles. The lowest BCUT2D eigenvalue weighted by Gasteiger charge is -2.17. The van der Waals surface area contributed by atoms with Crippen LogP contribution in [-0.4, -0.2) is 0 Å². The summed E-state index contributed by atoms with van der Waals surface area (Å²) in [5.74, 6) is 0. The van der Waals surface area contributed by atoms with Crippen LogP contribution in [0.4, 0.5) is 0 Å². The maximum atomic E-state index is 2.50. The van der Waals surface area contributed by atoms with Gasteiger partial charge in [0.1, 0.15) is 0 Å². The van der Waals surface area contributed by atoms with Gasteiger partial charge in [-0.1, -0.05) is 146 Å². The van der Waals surface area contributed by atoms with E-state index in [4.69, 9.17) is 0 Å². The molecule has 0 amide bonds. The Morgan fingerprint density at radius 3 is 1.50 bits per heavy atom. The zero-order chi connectivity index (χ0) is 29.9. The Bertz CT molecular complexity index is 3000. The largest absolute Gasteiger partial charge is 0.0622 e. The average molecular weight is 579 g/mol. The van der Waals surface area contributed by atoms with E-state index >= 15 is 0 Å². The summed E-state index contributed by atoms with van der Waals surface area (Å²) in [7, 11) is 0. The fourth-order valence-electron chi connectivity index (χ4n) is 8.68. The fourth-order valence-corrected chi connectivity index (χ4v) is 8.68. The summed E-state index contributed by atoms with van der Waals surface area (Å²) in [6.07, 6.45) is 0. The third kappa shape index (κ3) is 3.04. The number of rotatable bonds is 2. The van der Waals surface area contributed by atoms with E-state index in [1.54, 1.807) is 0 Å². The molecule has 11 aromatic rings. The lowest BCUT2D eigenvalue weighted by molar-refractivity contribution is 1.61. The smallest absolute Gasteiger partial charge is 0.00134 e. The molecule has 210 valence electrons. The molecular formula is C46H26. The molecule has 0 nitrogen and oxygen atoms in total. The van der Waals surface area contributed by atoms with Crippen molar-refractivity contribution in [3.8, 4) is 22.3 Å². The van der Waals surface area contributed by atoms with Gasteiger partial charge in [-0.2, -0.15) is 0 Å². The normalized spacial score (nSPS) is 12.3. The highest BCUT2D eigenvalue weighted by Crippen LogP contribution is 2.50. The molecule has 0 N–H and O–H groups in total. The first-order valence-electron chi connectivity index (χ1n) is 16.1. The summed E-state index contributed by atoms with van der Waals surface area (Å²) in [4.78, 5) is 0. The second-order valence-corrected chi connectivity index (χ2v) is 12.7. The minimum atomic E-state index is 1.24. The van der Waals surface area contributed by atoms with E-state index in [0.717, 1.165) is 0 Å². The van der Waals surface area contributed by atoms with Crippen molar-refractivity contribution in [3.63, 3.8) is 0 Å². The molecule has 0 radical (unpaired) electrons. The molecule has 0 aromatic heterocycles. The molecule has 0 saturated carbocycles. The van der Waals surface area contributed by atoms with Gasteiger partial charge in [-0.15, -0.1) is 0 Å². The molecule has 11 aromatic carbocycles. The van der Waals surface area contributed by atoms with Crippen molar-refractivity contribution >= 4 is 86.2 Å². The van der Waals surface area contributed by atoms with E-state index in [-0.39, 0.29) is 0 Å². The summed E-state index contributed by atoms with van der Waals surface area (Å²) < 4.78 is 0. The molecule has 46 heavy (non-hydrogen) atoms. The van der Waals surface area contributed by atoms with Gasteiger partial charge in [-0.25, -0.2) is 0 Å². The Balaban J connectivity index is 1.41. The van der Waals surface area contributed by atoms with Gasteiger partial charge in [0.25, 0.3) is 0 Å². The van der Waals surface area contributed by atoms with Gasteiger partial charge in [0.2, 0.25) is 0 Å². The van der Waals surface area contributed by atoms with Gasteiger partial charge in [0.15, 0.2) is 0 Å². The van der Waals surface area contributed by atoms with Crippen LogP contribution in [0, 0.1) is 0 Å². The predicted molar refractivity (Wildman–Crippen MR) is 200 cm³/mol. The number of hydrogen-bond acceptors (Lipinski definition) is 0. The Morgan fingerprint density at radius 2 is 0.739 bits per heavy atom. The summed E-state index contributed by atoms with van der Waals surface area (Å²) in [6, 6.07) is 58.9. The number of hydrogen-bond donors (Lipinski definition) is 0. The monoisotopic (exact) mass is 578 g/mol. The molecule has 0 aliphatic carbocycles. The summed E-state index contributed by atoms with van der Waals surface area (Å²) in [6.45, 7) is 0. The van der Waals surface area contributed by atoms with E-state index in [1.807, 2.05) is 0 Å². The molecule has 0 aliphatic rings. The highest BCUT2D eigenvalue weighted by Gasteiger charge is 2.22. The lowest BCUT2D eigenvalue weighted by atomic mass is 9.86. The molecule has 0 atom stereocenters. The third-order valence-corrected chi connectivity index (χ3v) is 10.5. The van der Waals surface area contributed by atoms with Gasteiger partial charge in [-0.3, -0.25) is 0 Å². The molecule has 0 aliphatic heterocycles. The highest BCUT2D eigenvalue weighted by molar-refractivity contribution is 6.40. The van der Waals surface area contributed by atoms with Crippen molar-refractivity contribution in [1.82, 2.24) is 0 Å². The third-order valence-electron chi connectivity index (χ3n) is 10.5. The standard InChI is InChI=1S/C46H26/c1-2-11-27(12-3-1)29-15-4-7-18-33(29)45-37-24-23-32-35-21-10-20-34-30-16-5-6-17-31(30)41(44(34)35)25-39(32)40(37)26-42-36-19-8-13-28-14-9-22-38(43(28)36)46(42)45/h1-26H. The van der Waals surface area contributed by atoms with Crippen molar-refractivity contribution < 1.29 is 0 Å². The predicted octanol–water partition coefficient (Wildman–Crippen LogP) is 13.1. The Hall–Kier alpha value is -5.98. The van der Waals surface area contributed by atoms with E-state index in [1.165, 1.54) is 108 Å². The van der Waals surface area contributed by atoms with Crippen LogP contribution in [0.1, 0.15) is 0 Å². The molecule has 0 heteroatoms. The minimum absolute atomic E-state index is 1.24. The number of benzene rings is 9. The number of fused-ring (bicyclic) bond motifs is 10. The fraction of sp³-hybridized carbons (Fsp3) is 0. The Labute approximate surface area is 265 Å². The molecule has 0 fully saturated rings. The molecule has 11 rings (SSSR count). The van der Waals surface area contributed by atoms with E-state index < -0.39 is 0 Å². The summed E-state index contributed by atoms with van der Waals surface area (Å²) in [5.41, 5.74) is 5.10. The van der Waals surface area contributed by atoms with Crippen molar-refractivity contribution in [1.29, 1.82) is 0 Å². The van der Waals surface area contributed by atoms with Crippen LogP contribution in [0.25, 0.3) is 108 Å². The highest BCUT2D eigenvalue weighted by atomic mass is 14.2. The van der Waals surface area contributed by atoms with Gasteiger partial charge in [0, 0.05) is 0 Å². The molecule has 0 bridgehead atoms. The van der Waals surface area contributed by atoms with E-state index in [9.17, 15) is 0 Å². The molecule has 0 heterocycles. The van der Waals surface area contributed by atoms with Crippen molar-refractivity contribution in [3.05, 3.63) is 158 Å². The Morgan fingerprint density at radius 1 is 0.239 bits per heavy atom. The first-order valence-corrected chi connectivity index (χ1v) is 16.1. The van der Waals surface area contributed by atoms with Crippen molar-refractivity contribution in [2.75, 3.05) is 0 Å². The zero-order valence-electron chi connectivity index (χ0n) is 25.0. The van der Waals surface area contributed by atoms with Gasteiger partial charge < -0.3 is 0 Å². The topological polar surface area (TPSA) is 0 Å². The van der Waals surface area contributed by atoms with Crippen LogP contribution in [0.3, 0.4) is 0 Å². The Kier molecular flexibility index (Phi) is 4.66. The van der Waals surface area contributed by atoms with Crippen LogP contribution in [0.5, 0.6) is 0 Å². The van der Waals surface area contributed by atoms with Gasteiger partial charge in [-0.05, 0) is 121 Å². The van der Waals surface area contributed by atoms with E-state index in [2.05, 4.69) is 158 Å². The maximum absolute atomic E-state index is 2.50. The quantitative estimate of drug-likeness (QED) is 0.179. The van der Waals surface area contributed by atoms with Crippen molar-refractivity contribution in [2.24, 2.45) is 0 Å². The summed E-state index contributed by atoms with van der Waals surface area (Å²) in [5, 5.41) is 21.3. The SMILES string of the molecule is c1ccc(-c2ccccc2-c2c3ccc4c(cc5c6ccccc6c6cccc4c65)c3cc3c4cccc5cccc(c23)c54)cc1. The van der Waals surface area contributed by atoms with Gasteiger partial charge >= 0.3 is 0 Å².